The highest BCUT2D eigenvalue weighted by Crippen LogP contribution is 2.40. The number of guanidine groups is 1. The third-order valence-corrected chi connectivity index (χ3v) is 5.87. The summed E-state index contributed by atoms with van der Waals surface area (Å²) in [5.41, 5.74) is 1.44. The lowest BCUT2D eigenvalue weighted by Crippen LogP contribution is -2.53. The van der Waals surface area contributed by atoms with Crippen molar-refractivity contribution in [3.8, 4) is 0 Å². The van der Waals surface area contributed by atoms with Crippen LogP contribution in [0.15, 0.2) is 52.8 Å². The van der Waals surface area contributed by atoms with E-state index in [0.717, 1.165) is 32.1 Å². The fourth-order valence-corrected chi connectivity index (χ4v) is 4.26. The molecule has 2 aliphatic rings. The molecule has 0 bridgehead atoms. The van der Waals surface area contributed by atoms with Crippen molar-refractivity contribution in [1.29, 1.82) is 0 Å². The number of hydrogen-bond acceptors (Lipinski definition) is 3. The fraction of sp³-hybridized carbons (Fsp3) is 0.421. The van der Waals surface area contributed by atoms with Crippen LogP contribution in [0.5, 0.6) is 0 Å². The molecular weight excluding hydrogens is 443 g/mol. The van der Waals surface area contributed by atoms with Crippen LogP contribution in [0.2, 0.25) is 0 Å². The van der Waals surface area contributed by atoms with E-state index in [1.54, 1.807) is 0 Å². The minimum Gasteiger partial charge on any atom is -0.360 e. The van der Waals surface area contributed by atoms with E-state index in [4.69, 9.17) is 0 Å². The standard InChI is InChI=1S/C19H24N4S.HI/c1-20-19(21-17-14-16(17)15-6-3-2-4-7-15)23-11-9-22(10-12-23)18-8-5-13-24-18;/h2-8,13,16-17H,9-12,14H2,1H3,(H,20,21);1H. The summed E-state index contributed by atoms with van der Waals surface area (Å²) >= 11 is 1.82. The number of hydrogen-bond donors (Lipinski definition) is 1. The number of aliphatic imine (C=N–C) groups is 1. The van der Waals surface area contributed by atoms with Crippen molar-refractivity contribution < 1.29 is 0 Å². The first kappa shape index (κ1) is 18.5. The molecule has 0 amide bonds. The van der Waals surface area contributed by atoms with Gasteiger partial charge in [0.25, 0.3) is 0 Å². The molecule has 2 unspecified atom stereocenters. The second-order valence-corrected chi connectivity index (χ2v) is 7.40. The zero-order chi connectivity index (χ0) is 16.4. The van der Waals surface area contributed by atoms with Crippen molar-refractivity contribution in [2.75, 3.05) is 38.1 Å². The van der Waals surface area contributed by atoms with Gasteiger partial charge < -0.3 is 15.1 Å². The van der Waals surface area contributed by atoms with Gasteiger partial charge in [0.05, 0.1) is 5.00 Å². The van der Waals surface area contributed by atoms with Crippen LogP contribution in [-0.4, -0.2) is 50.1 Å². The van der Waals surface area contributed by atoms with Crippen molar-refractivity contribution in [1.82, 2.24) is 10.2 Å². The summed E-state index contributed by atoms with van der Waals surface area (Å²) in [5, 5.41) is 7.20. The average molecular weight is 468 g/mol. The van der Waals surface area contributed by atoms with Gasteiger partial charge in [0.1, 0.15) is 0 Å². The van der Waals surface area contributed by atoms with Crippen LogP contribution in [0.3, 0.4) is 0 Å². The summed E-state index contributed by atoms with van der Waals surface area (Å²) in [6.07, 6.45) is 1.21. The van der Waals surface area contributed by atoms with Gasteiger partial charge in [0.15, 0.2) is 5.96 Å². The van der Waals surface area contributed by atoms with Gasteiger partial charge in [-0.1, -0.05) is 30.3 Å². The van der Waals surface area contributed by atoms with Crippen molar-refractivity contribution in [3.05, 3.63) is 53.4 Å². The van der Waals surface area contributed by atoms with E-state index in [1.165, 1.54) is 17.0 Å². The highest BCUT2D eigenvalue weighted by atomic mass is 127. The first-order chi connectivity index (χ1) is 11.8. The summed E-state index contributed by atoms with van der Waals surface area (Å²) < 4.78 is 0. The van der Waals surface area contributed by atoms with E-state index < -0.39 is 0 Å². The molecule has 134 valence electrons. The van der Waals surface area contributed by atoms with E-state index in [-0.39, 0.29) is 24.0 Å². The van der Waals surface area contributed by atoms with Gasteiger partial charge in [-0.25, -0.2) is 0 Å². The second-order valence-electron chi connectivity index (χ2n) is 6.48. The largest absolute Gasteiger partial charge is 0.360 e. The third-order valence-electron chi connectivity index (χ3n) is 4.94. The molecule has 1 aromatic carbocycles. The maximum absolute atomic E-state index is 4.52. The Balaban J connectivity index is 0.00000182. The molecule has 6 heteroatoms. The van der Waals surface area contributed by atoms with Gasteiger partial charge in [0.2, 0.25) is 0 Å². The Morgan fingerprint density at radius 2 is 1.84 bits per heavy atom. The Morgan fingerprint density at radius 1 is 1.08 bits per heavy atom. The summed E-state index contributed by atoms with van der Waals surface area (Å²) in [7, 11) is 1.90. The average Bonchev–Trinajstić information content (AvgIpc) is 3.20. The number of anilines is 1. The molecule has 25 heavy (non-hydrogen) atoms. The van der Waals surface area contributed by atoms with Crippen LogP contribution >= 0.6 is 35.3 Å². The monoisotopic (exact) mass is 468 g/mol. The Hall–Kier alpha value is -1.28. The highest BCUT2D eigenvalue weighted by molar-refractivity contribution is 14.0. The first-order valence-electron chi connectivity index (χ1n) is 8.67. The van der Waals surface area contributed by atoms with Crippen molar-refractivity contribution >= 4 is 46.3 Å². The molecule has 1 N–H and O–H groups in total. The normalized spacial score (nSPS) is 23.2. The third kappa shape index (κ3) is 4.28. The molecule has 4 nitrogen and oxygen atoms in total. The number of rotatable bonds is 3. The van der Waals surface area contributed by atoms with Gasteiger partial charge in [-0.05, 0) is 29.5 Å². The molecule has 1 aromatic heterocycles. The molecule has 0 radical (unpaired) electrons. The summed E-state index contributed by atoms with van der Waals surface area (Å²) in [6.45, 7) is 4.18. The zero-order valence-corrected chi connectivity index (χ0v) is 17.6. The minimum absolute atomic E-state index is 0. The lowest BCUT2D eigenvalue weighted by atomic mass is 10.1. The van der Waals surface area contributed by atoms with Crippen molar-refractivity contribution in [2.24, 2.45) is 4.99 Å². The Bertz CT molecular complexity index is 681. The molecule has 1 aliphatic heterocycles. The Labute approximate surface area is 171 Å². The molecule has 2 heterocycles. The lowest BCUT2D eigenvalue weighted by Gasteiger charge is -2.37. The molecule has 2 atom stereocenters. The molecule has 1 saturated heterocycles. The lowest BCUT2D eigenvalue weighted by molar-refractivity contribution is 0.373. The predicted molar refractivity (Wildman–Crippen MR) is 118 cm³/mol. The van der Waals surface area contributed by atoms with Gasteiger partial charge in [-0.3, -0.25) is 4.99 Å². The number of thiophene rings is 1. The number of piperazine rings is 1. The number of benzene rings is 1. The molecule has 2 fully saturated rings. The summed E-state index contributed by atoms with van der Waals surface area (Å²) in [4.78, 5) is 9.39. The topological polar surface area (TPSA) is 30.9 Å². The molecule has 4 rings (SSSR count). The minimum atomic E-state index is 0. The second kappa shape index (κ2) is 8.40. The highest BCUT2D eigenvalue weighted by Gasteiger charge is 2.39. The van der Waals surface area contributed by atoms with Crippen LogP contribution in [0.25, 0.3) is 0 Å². The van der Waals surface area contributed by atoms with Gasteiger partial charge >= 0.3 is 0 Å². The number of nitrogens with zero attached hydrogens (tertiary/aromatic N) is 3. The maximum atomic E-state index is 4.52. The SMILES string of the molecule is CN=C(NC1CC1c1ccccc1)N1CCN(c2cccs2)CC1.I. The summed E-state index contributed by atoms with van der Waals surface area (Å²) in [6, 6.07) is 15.7. The van der Waals surface area contributed by atoms with Crippen LogP contribution < -0.4 is 10.2 Å². The Kier molecular flexibility index (Phi) is 6.22. The van der Waals surface area contributed by atoms with Gasteiger partial charge in [-0.2, -0.15) is 0 Å². The maximum Gasteiger partial charge on any atom is 0.194 e. The zero-order valence-electron chi connectivity index (χ0n) is 14.5. The van der Waals surface area contributed by atoms with E-state index in [2.05, 4.69) is 68.0 Å². The van der Waals surface area contributed by atoms with E-state index in [9.17, 15) is 0 Å². The number of nitrogens with one attached hydrogen (secondary N) is 1. The first-order valence-corrected chi connectivity index (χ1v) is 9.55. The van der Waals surface area contributed by atoms with E-state index in [0.29, 0.717) is 12.0 Å². The van der Waals surface area contributed by atoms with Crippen molar-refractivity contribution in [2.45, 2.75) is 18.4 Å². The van der Waals surface area contributed by atoms with Gasteiger partial charge in [0, 0.05) is 45.2 Å². The van der Waals surface area contributed by atoms with Crippen molar-refractivity contribution in [3.63, 3.8) is 0 Å². The van der Waals surface area contributed by atoms with E-state index in [1.807, 2.05) is 18.4 Å². The smallest absolute Gasteiger partial charge is 0.194 e. The van der Waals surface area contributed by atoms with E-state index >= 15 is 0 Å². The quantitative estimate of drug-likeness (QED) is 0.424. The molecule has 0 spiro atoms. The molecule has 2 aromatic rings. The van der Waals surface area contributed by atoms with Crippen LogP contribution in [0.1, 0.15) is 17.9 Å². The Morgan fingerprint density at radius 3 is 2.48 bits per heavy atom. The number of halogens is 1. The summed E-state index contributed by atoms with van der Waals surface area (Å²) in [5.74, 6) is 1.69. The van der Waals surface area contributed by atoms with Gasteiger partial charge in [-0.15, -0.1) is 35.3 Å². The van der Waals surface area contributed by atoms with Crippen LogP contribution in [0.4, 0.5) is 5.00 Å². The fourth-order valence-electron chi connectivity index (χ4n) is 3.47. The van der Waals surface area contributed by atoms with Crippen LogP contribution in [0, 0.1) is 0 Å². The molecule has 1 saturated carbocycles. The van der Waals surface area contributed by atoms with Crippen LogP contribution in [-0.2, 0) is 0 Å². The predicted octanol–water partition coefficient (Wildman–Crippen LogP) is 3.62. The molecule has 1 aliphatic carbocycles. The molecular formula is C19H25IN4S.